The van der Waals surface area contributed by atoms with Gasteiger partial charge in [-0.05, 0) is 88.6 Å². The number of nitrogens with zero attached hydrogens (tertiary/aromatic N) is 2. The van der Waals surface area contributed by atoms with E-state index in [1.165, 1.54) is 56.2 Å². The van der Waals surface area contributed by atoms with E-state index in [0.29, 0.717) is 23.7 Å². The molecule has 5 rings (SSSR count). The van der Waals surface area contributed by atoms with E-state index in [1.54, 1.807) is 24.3 Å². The molecule has 9 nitrogen and oxygen atoms in total. The van der Waals surface area contributed by atoms with Crippen LogP contribution in [0.1, 0.15) is 11.1 Å². The number of hydrazone groups is 1. The predicted molar refractivity (Wildman–Crippen MR) is 171 cm³/mol. The molecule has 0 atom stereocenters. The van der Waals surface area contributed by atoms with Crippen molar-refractivity contribution < 1.29 is 31.8 Å². The van der Waals surface area contributed by atoms with Crippen LogP contribution in [0, 0.1) is 5.82 Å². The van der Waals surface area contributed by atoms with Gasteiger partial charge in [0.05, 0.1) is 31.0 Å². The molecule has 0 aliphatic heterocycles. The van der Waals surface area contributed by atoms with E-state index in [4.69, 9.17) is 14.2 Å². The first-order valence-corrected chi connectivity index (χ1v) is 15.2. The van der Waals surface area contributed by atoms with Gasteiger partial charge in [-0.3, -0.25) is 9.10 Å². The Hall–Kier alpha value is -5.42. The first-order chi connectivity index (χ1) is 21.8. The van der Waals surface area contributed by atoms with Crippen molar-refractivity contribution in [1.29, 1.82) is 0 Å². The van der Waals surface area contributed by atoms with Crippen molar-refractivity contribution in [3.8, 4) is 17.2 Å². The van der Waals surface area contributed by atoms with Crippen LogP contribution >= 0.6 is 0 Å². The molecule has 0 radical (unpaired) electrons. The van der Waals surface area contributed by atoms with Gasteiger partial charge in [-0.2, -0.15) is 5.10 Å². The van der Waals surface area contributed by atoms with Gasteiger partial charge in [0.25, 0.3) is 15.9 Å². The third kappa shape index (κ3) is 7.57. The SMILES string of the molecule is COc1ccc(S(=O)(=O)N(CC(=O)N/N=C\c2ccc(OCc3ccc4ccccc4c3)cc2)c2ccc(F)cc2)cc1OC. The molecule has 0 heterocycles. The minimum atomic E-state index is -4.29. The maximum atomic E-state index is 13.7. The number of carbonyl (C=O) groups is 1. The third-order valence-corrected chi connectivity index (χ3v) is 8.62. The standard InChI is InChI=1S/C34H30FN3O6S/c1-42-32-18-17-31(20-33(32)43-2)45(40,41)38(29-13-11-28(35)12-14-29)22-34(39)37-36-21-24-8-15-30(16-9-24)44-23-25-7-10-26-5-3-4-6-27(26)19-25/h3-21H,22-23H2,1-2H3,(H,37,39)/b36-21-. The lowest BCUT2D eigenvalue weighted by Gasteiger charge is -2.24. The smallest absolute Gasteiger partial charge is 0.264 e. The average Bonchev–Trinajstić information content (AvgIpc) is 3.06. The molecule has 11 heteroatoms. The summed E-state index contributed by atoms with van der Waals surface area (Å²) in [7, 11) is -1.48. The second-order valence-corrected chi connectivity index (χ2v) is 11.7. The zero-order valence-electron chi connectivity index (χ0n) is 24.5. The first-order valence-electron chi connectivity index (χ1n) is 13.8. The van der Waals surface area contributed by atoms with Crippen LogP contribution in [0.15, 0.2) is 119 Å². The molecule has 0 unspecified atom stereocenters. The van der Waals surface area contributed by atoms with Crippen LogP contribution in [0.4, 0.5) is 10.1 Å². The fraction of sp³-hybridized carbons (Fsp3) is 0.118. The summed E-state index contributed by atoms with van der Waals surface area (Å²) < 4.78 is 58.2. The fourth-order valence-corrected chi connectivity index (χ4v) is 5.95. The Morgan fingerprint density at radius 1 is 0.844 bits per heavy atom. The molecule has 0 aliphatic rings. The predicted octanol–water partition coefficient (Wildman–Crippen LogP) is 5.92. The summed E-state index contributed by atoms with van der Waals surface area (Å²) in [6, 6.07) is 30.3. The Balaban J connectivity index is 1.23. The molecule has 0 saturated carbocycles. The summed E-state index contributed by atoms with van der Waals surface area (Å²) in [5, 5.41) is 6.29. The van der Waals surface area contributed by atoms with Crippen molar-refractivity contribution in [2.75, 3.05) is 25.1 Å². The van der Waals surface area contributed by atoms with Gasteiger partial charge >= 0.3 is 0 Å². The number of sulfonamides is 1. The maximum Gasteiger partial charge on any atom is 0.264 e. The van der Waals surface area contributed by atoms with Gasteiger partial charge in [-0.25, -0.2) is 18.2 Å². The molecule has 5 aromatic carbocycles. The Morgan fingerprint density at radius 3 is 2.27 bits per heavy atom. The van der Waals surface area contributed by atoms with E-state index >= 15 is 0 Å². The van der Waals surface area contributed by atoms with E-state index in [1.807, 2.05) is 18.2 Å². The number of benzene rings is 5. The van der Waals surface area contributed by atoms with Gasteiger partial charge < -0.3 is 14.2 Å². The van der Waals surface area contributed by atoms with Crippen LogP contribution in [0.2, 0.25) is 0 Å². The number of fused-ring (bicyclic) bond motifs is 1. The lowest BCUT2D eigenvalue weighted by atomic mass is 10.1. The fourth-order valence-electron chi connectivity index (χ4n) is 4.52. The quantitative estimate of drug-likeness (QED) is 0.136. The molecule has 0 saturated heterocycles. The maximum absolute atomic E-state index is 13.7. The van der Waals surface area contributed by atoms with E-state index < -0.39 is 28.3 Å². The van der Waals surface area contributed by atoms with Crippen LogP contribution in [0.5, 0.6) is 17.2 Å². The van der Waals surface area contributed by atoms with Crippen LogP contribution in [-0.2, 0) is 21.4 Å². The second kappa shape index (κ2) is 13.9. The van der Waals surface area contributed by atoms with Crippen LogP contribution in [0.3, 0.4) is 0 Å². The Morgan fingerprint density at radius 2 is 1.56 bits per heavy atom. The highest BCUT2D eigenvalue weighted by atomic mass is 32.2. The number of nitrogens with one attached hydrogen (secondary N) is 1. The van der Waals surface area contributed by atoms with Gasteiger partial charge in [0, 0.05) is 6.07 Å². The number of rotatable bonds is 12. The van der Waals surface area contributed by atoms with Crippen LogP contribution in [0.25, 0.3) is 10.8 Å². The molecule has 1 amide bonds. The van der Waals surface area contributed by atoms with Gasteiger partial charge in [0.15, 0.2) is 11.5 Å². The normalized spacial score (nSPS) is 11.4. The Bertz CT molecular complexity index is 1930. The lowest BCUT2D eigenvalue weighted by molar-refractivity contribution is -0.119. The summed E-state index contributed by atoms with van der Waals surface area (Å²) in [5.74, 6) is -0.0749. The number of amides is 1. The minimum absolute atomic E-state index is 0.0876. The largest absolute Gasteiger partial charge is 0.493 e. The molecule has 0 aliphatic carbocycles. The molecule has 230 valence electrons. The number of methoxy groups -OCH3 is 2. The zero-order valence-corrected chi connectivity index (χ0v) is 25.3. The average molecular weight is 628 g/mol. The number of anilines is 1. The highest BCUT2D eigenvalue weighted by Crippen LogP contribution is 2.32. The monoisotopic (exact) mass is 627 g/mol. The van der Waals surface area contributed by atoms with Crippen molar-refractivity contribution >= 4 is 38.6 Å². The zero-order chi connectivity index (χ0) is 31.8. The Labute approximate surface area is 260 Å². The number of hydrogen-bond donors (Lipinski definition) is 1. The van der Waals surface area contributed by atoms with Gasteiger partial charge in [-0.15, -0.1) is 0 Å². The van der Waals surface area contributed by atoms with Crippen LogP contribution < -0.4 is 23.9 Å². The molecular formula is C34H30FN3O6S. The third-order valence-electron chi connectivity index (χ3n) is 6.85. The number of halogens is 1. The summed E-state index contributed by atoms with van der Waals surface area (Å²) in [6.07, 6.45) is 1.43. The lowest BCUT2D eigenvalue weighted by Crippen LogP contribution is -2.39. The first kappa shape index (κ1) is 31.0. The summed E-state index contributed by atoms with van der Waals surface area (Å²) in [5.41, 5.74) is 4.17. The minimum Gasteiger partial charge on any atom is -0.493 e. The Kier molecular flexibility index (Phi) is 9.59. The van der Waals surface area contributed by atoms with Crippen LogP contribution in [-0.4, -0.2) is 41.3 Å². The summed E-state index contributed by atoms with van der Waals surface area (Å²) in [4.78, 5) is 12.7. The van der Waals surface area contributed by atoms with Crippen molar-refractivity contribution in [2.45, 2.75) is 11.5 Å². The summed E-state index contributed by atoms with van der Waals surface area (Å²) >= 11 is 0. The van der Waals surface area contributed by atoms with E-state index in [2.05, 4.69) is 34.8 Å². The van der Waals surface area contributed by atoms with E-state index in [0.717, 1.165) is 27.4 Å². The van der Waals surface area contributed by atoms with Crippen molar-refractivity contribution in [1.82, 2.24) is 5.43 Å². The van der Waals surface area contributed by atoms with E-state index in [9.17, 15) is 17.6 Å². The van der Waals surface area contributed by atoms with Gasteiger partial charge in [-0.1, -0.05) is 36.4 Å². The highest BCUT2D eigenvalue weighted by Gasteiger charge is 2.28. The number of hydrogen-bond acceptors (Lipinski definition) is 7. The molecule has 0 aromatic heterocycles. The molecule has 5 aromatic rings. The molecule has 0 bridgehead atoms. The van der Waals surface area contributed by atoms with Gasteiger partial charge in [0.1, 0.15) is 24.7 Å². The molecule has 45 heavy (non-hydrogen) atoms. The molecule has 0 fully saturated rings. The molecular weight excluding hydrogens is 597 g/mol. The highest BCUT2D eigenvalue weighted by molar-refractivity contribution is 7.92. The number of carbonyl (C=O) groups excluding carboxylic acids is 1. The summed E-state index contributed by atoms with van der Waals surface area (Å²) in [6.45, 7) is -0.216. The van der Waals surface area contributed by atoms with Crippen molar-refractivity contribution in [3.05, 3.63) is 126 Å². The number of ether oxygens (including phenoxy) is 3. The van der Waals surface area contributed by atoms with Crippen molar-refractivity contribution in [2.24, 2.45) is 5.10 Å². The van der Waals surface area contributed by atoms with Crippen molar-refractivity contribution in [3.63, 3.8) is 0 Å². The molecule has 0 spiro atoms. The molecule has 1 N–H and O–H groups in total. The topological polar surface area (TPSA) is 107 Å². The second-order valence-electron chi connectivity index (χ2n) is 9.84. The van der Waals surface area contributed by atoms with Gasteiger partial charge in [0.2, 0.25) is 0 Å². The van der Waals surface area contributed by atoms with E-state index in [-0.39, 0.29) is 16.3 Å².